The van der Waals surface area contributed by atoms with Crippen LogP contribution in [0, 0.1) is 0 Å². The van der Waals surface area contributed by atoms with Crippen LogP contribution >= 0.6 is 35.0 Å². The Hall–Kier alpha value is -2.38. The highest BCUT2D eigenvalue weighted by atomic mass is 35.5. The van der Waals surface area contributed by atoms with E-state index in [0.29, 0.717) is 22.2 Å². The van der Waals surface area contributed by atoms with Gasteiger partial charge in [-0.3, -0.25) is 9.69 Å². The third-order valence-electron chi connectivity index (χ3n) is 6.23. The molecule has 5 nitrogen and oxygen atoms in total. The zero-order valence-electron chi connectivity index (χ0n) is 20.4. The van der Waals surface area contributed by atoms with E-state index in [-0.39, 0.29) is 5.91 Å². The Morgan fingerprint density at radius 1 is 1.00 bits per heavy atom. The molecule has 8 heteroatoms. The molecule has 3 aromatic carbocycles. The first-order valence-electron chi connectivity index (χ1n) is 12.0. The van der Waals surface area contributed by atoms with E-state index in [1.165, 1.54) is 5.56 Å². The molecular formula is C28H31Cl2N3O2S. The predicted octanol–water partition coefficient (Wildman–Crippen LogP) is 5.99. The number of nitrogens with zero attached hydrogens (tertiary/aromatic N) is 2. The van der Waals surface area contributed by atoms with Crippen LogP contribution in [0.25, 0.3) is 0 Å². The highest BCUT2D eigenvalue weighted by Crippen LogP contribution is 2.28. The highest BCUT2D eigenvalue weighted by molar-refractivity contribution is 7.98. The van der Waals surface area contributed by atoms with Crippen LogP contribution < -0.4 is 15.0 Å². The van der Waals surface area contributed by atoms with Crippen molar-refractivity contribution in [3.63, 3.8) is 0 Å². The van der Waals surface area contributed by atoms with Gasteiger partial charge < -0.3 is 15.0 Å². The van der Waals surface area contributed by atoms with Crippen LogP contribution in [0.4, 0.5) is 5.69 Å². The van der Waals surface area contributed by atoms with Gasteiger partial charge in [0, 0.05) is 66.4 Å². The molecule has 190 valence electrons. The lowest BCUT2D eigenvalue weighted by Gasteiger charge is -2.36. The number of carbonyl (C=O) groups is 1. The lowest BCUT2D eigenvalue weighted by atomic mass is 10.1. The van der Waals surface area contributed by atoms with Crippen molar-refractivity contribution in [2.24, 2.45) is 0 Å². The van der Waals surface area contributed by atoms with Gasteiger partial charge in [-0.15, -0.1) is 0 Å². The molecule has 0 radical (unpaired) electrons. The molecular weight excluding hydrogens is 513 g/mol. The zero-order valence-corrected chi connectivity index (χ0v) is 22.7. The summed E-state index contributed by atoms with van der Waals surface area (Å²) in [6, 6.07) is 21.7. The maximum Gasteiger partial charge on any atom is 0.251 e. The van der Waals surface area contributed by atoms with Crippen molar-refractivity contribution < 1.29 is 9.53 Å². The summed E-state index contributed by atoms with van der Waals surface area (Å²) < 4.78 is 5.52. The molecule has 0 spiro atoms. The molecule has 4 rings (SSSR count). The van der Waals surface area contributed by atoms with Gasteiger partial charge in [0.25, 0.3) is 5.91 Å². The summed E-state index contributed by atoms with van der Waals surface area (Å²) in [7, 11) is 1.72. The van der Waals surface area contributed by atoms with E-state index < -0.39 is 0 Å². The van der Waals surface area contributed by atoms with Crippen LogP contribution in [-0.4, -0.2) is 56.4 Å². The number of ether oxygens (including phenoxy) is 1. The number of para-hydroxylation sites is 2. The molecule has 1 saturated heterocycles. The number of nitrogens with one attached hydrogen (secondary N) is 1. The number of anilines is 1. The fourth-order valence-corrected chi connectivity index (χ4v) is 5.63. The number of methoxy groups -OCH3 is 1. The average Bonchev–Trinajstić information content (AvgIpc) is 2.90. The molecule has 3 aromatic rings. The van der Waals surface area contributed by atoms with E-state index in [1.807, 2.05) is 36.4 Å². The minimum Gasteiger partial charge on any atom is -0.495 e. The Bertz CT molecular complexity index is 1150. The fourth-order valence-electron chi connectivity index (χ4n) is 4.22. The van der Waals surface area contributed by atoms with Crippen molar-refractivity contribution in [3.8, 4) is 5.75 Å². The van der Waals surface area contributed by atoms with Crippen molar-refractivity contribution in [2.45, 2.75) is 12.3 Å². The molecule has 0 aromatic heterocycles. The third-order valence-corrected chi connectivity index (χ3v) is 7.82. The number of piperazine rings is 1. The number of amides is 1. The normalized spacial score (nSPS) is 14.0. The number of carbonyl (C=O) groups excluding carboxylic acids is 1. The number of hydrogen-bond donors (Lipinski definition) is 1. The Kier molecular flexibility index (Phi) is 9.82. The third kappa shape index (κ3) is 7.32. The summed E-state index contributed by atoms with van der Waals surface area (Å²) in [5.74, 6) is 2.47. The quantitative estimate of drug-likeness (QED) is 0.318. The van der Waals surface area contributed by atoms with Crippen LogP contribution in [0.2, 0.25) is 10.0 Å². The molecule has 1 aliphatic rings. The first kappa shape index (κ1) is 26.7. The summed E-state index contributed by atoms with van der Waals surface area (Å²) in [4.78, 5) is 17.3. The van der Waals surface area contributed by atoms with Crippen LogP contribution in [-0.2, 0) is 12.3 Å². The van der Waals surface area contributed by atoms with Crippen LogP contribution in [0.5, 0.6) is 5.75 Å². The summed E-state index contributed by atoms with van der Waals surface area (Å²) >= 11 is 13.9. The first-order chi connectivity index (χ1) is 17.5. The smallest absolute Gasteiger partial charge is 0.251 e. The Morgan fingerprint density at radius 2 is 1.75 bits per heavy atom. The molecule has 1 fully saturated rings. The predicted molar refractivity (Wildman–Crippen MR) is 152 cm³/mol. The van der Waals surface area contributed by atoms with Crippen molar-refractivity contribution in [1.29, 1.82) is 0 Å². The number of thioether (sulfide) groups is 1. The molecule has 0 aliphatic carbocycles. The fraction of sp³-hybridized carbons (Fsp3) is 0.321. The second kappa shape index (κ2) is 13.2. The molecule has 0 bridgehead atoms. The summed E-state index contributed by atoms with van der Waals surface area (Å²) in [6.45, 7) is 5.38. The molecule has 1 heterocycles. The number of halogens is 2. The summed E-state index contributed by atoms with van der Waals surface area (Å²) in [6.07, 6.45) is 0. The first-order valence-corrected chi connectivity index (χ1v) is 13.9. The Labute approximate surface area is 227 Å². The van der Waals surface area contributed by atoms with Crippen LogP contribution in [0.15, 0.2) is 66.7 Å². The minimum absolute atomic E-state index is 0.0444. The van der Waals surface area contributed by atoms with Gasteiger partial charge in [-0.05, 0) is 47.5 Å². The Morgan fingerprint density at radius 3 is 2.47 bits per heavy atom. The SMILES string of the molecule is COc1ccccc1N1CCN(Cc2ccc(C(=O)NCCSCc3ccc(Cl)cc3Cl)cc2)CC1. The van der Waals surface area contributed by atoms with Gasteiger partial charge in [-0.1, -0.05) is 53.5 Å². The van der Waals surface area contributed by atoms with Crippen molar-refractivity contribution in [1.82, 2.24) is 10.2 Å². The average molecular weight is 545 g/mol. The van der Waals surface area contributed by atoms with E-state index in [0.717, 1.165) is 61.2 Å². The number of benzene rings is 3. The molecule has 0 unspecified atom stereocenters. The Balaban J connectivity index is 1.17. The number of hydrogen-bond acceptors (Lipinski definition) is 5. The topological polar surface area (TPSA) is 44.8 Å². The van der Waals surface area contributed by atoms with Gasteiger partial charge in [0.15, 0.2) is 0 Å². The van der Waals surface area contributed by atoms with Crippen molar-refractivity contribution in [3.05, 3.63) is 93.5 Å². The summed E-state index contributed by atoms with van der Waals surface area (Å²) in [5, 5.41) is 4.32. The maximum absolute atomic E-state index is 12.5. The molecule has 0 saturated carbocycles. The van der Waals surface area contributed by atoms with E-state index in [9.17, 15) is 4.79 Å². The molecule has 1 N–H and O–H groups in total. The van der Waals surface area contributed by atoms with Crippen molar-refractivity contribution in [2.75, 3.05) is 50.5 Å². The van der Waals surface area contributed by atoms with E-state index in [1.54, 1.807) is 24.9 Å². The van der Waals surface area contributed by atoms with Gasteiger partial charge >= 0.3 is 0 Å². The van der Waals surface area contributed by atoms with E-state index in [2.05, 4.69) is 39.4 Å². The van der Waals surface area contributed by atoms with Gasteiger partial charge in [0.2, 0.25) is 0 Å². The second-order valence-electron chi connectivity index (χ2n) is 8.68. The monoisotopic (exact) mass is 543 g/mol. The van der Waals surface area contributed by atoms with E-state index >= 15 is 0 Å². The standard InChI is InChI=1S/C28H31Cl2N3O2S/c1-35-27-5-3-2-4-26(27)33-15-13-32(14-16-33)19-21-6-8-22(9-7-21)28(34)31-12-17-36-20-23-10-11-24(29)18-25(23)30/h2-11,18H,12-17,19-20H2,1H3,(H,31,34). The van der Waals surface area contributed by atoms with Crippen LogP contribution in [0.3, 0.4) is 0 Å². The molecule has 1 aliphatic heterocycles. The largest absolute Gasteiger partial charge is 0.495 e. The summed E-state index contributed by atoms with van der Waals surface area (Å²) in [5.41, 5.74) is 4.11. The second-order valence-corrected chi connectivity index (χ2v) is 10.6. The van der Waals surface area contributed by atoms with E-state index in [4.69, 9.17) is 27.9 Å². The van der Waals surface area contributed by atoms with Gasteiger partial charge in [-0.2, -0.15) is 11.8 Å². The number of rotatable bonds is 10. The minimum atomic E-state index is -0.0444. The van der Waals surface area contributed by atoms with Gasteiger partial charge in [0.1, 0.15) is 5.75 Å². The van der Waals surface area contributed by atoms with Crippen molar-refractivity contribution >= 4 is 46.6 Å². The zero-order chi connectivity index (χ0) is 25.3. The lowest BCUT2D eigenvalue weighted by Crippen LogP contribution is -2.46. The molecule has 36 heavy (non-hydrogen) atoms. The van der Waals surface area contributed by atoms with Gasteiger partial charge in [-0.25, -0.2) is 0 Å². The van der Waals surface area contributed by atoms with Gasteiger partial charge in [0.05, 0.1) is 12.8 Å². The maximum atomic E-state index is 12.5. The highest BCUT2D eigenvalue weighted by Gasteiger charge is 2.19. The lowest BCUT2D eigenvalue weighted by molar-refractivity contribution is 0.0956. The molecule has 0 atom stereocenters. The van der Waals surface area contributed by atoms with Crippen LogP contribution in [0.1, 0.15) is 21.5 Å². The molecule has 1 amide bonds.